The lowest BCUT2D eigenvalue weighted by molar-refractivity contribution is -0.113. The summed E-state index contributed by atoms with van der Waals surface area (Å²) >= 11 is 20.9. The Bertz CT molecular complexity index is 1160. The number of nitrogens with one attached hydrogen (secondary N) is 1. The summed E-state index contributed by atoms with van der Waals surface area (Å²) in [5.41, 5.74) is 1.40. The van der Waals surface area contributed by atoms with Gasteiger partial charge in [0.15, 0.2) is 11.0 Å². The van der Waals surface area contributed by atoms with Gasteiger partial charge >= 0.3 is 0 Å². The van der Waals surface area contributed by atoms with Gasteiger partial charge in [-0.25, -0.2) is 0 Å². The van der Waals surface area contributed by atoms with Crippen LogP contribution in [0.2, 0.25) is 15.1 Å². The van der Waals surface area contributed by atoms with Crippen molar-refractivity contribution in [3.8, 4) is 16.4 Å². The van der Waals surface area contributed by atoms with E-state index in [2.05, 4.69) is 15.5 Å². The van der Waals surface area contributed by atoms with Crippen LogP contribution in [0.3, 0.4) is 0 Å². The molecule has 0 spiro atoms. The smallest absolute Gasteiger partial charge is 0.234 e. The maximum atomic E-state index is 12.4. The first-order chi connectivity index (χ1) is 14.5. The van der Waals surface area contributed by atoms with Crippen LogP contribution >= 0.6 is 57.9 Å². The second-order valence-electron chi connectivity index (χ2n) is 6.09. The van der Waals surface area contributed by atoms with Crippen LogP contribution in [0.5, 0.6) is 0 Å². The van der Waals surface area contributed by atoms with Crippen LogP contribution < -0.4 is 5.32 Å². The molecule has 0 unspecified atom stereocenters. The standard InChI is InChI=1S/C20H13Cl3N4OS2/c21-12-3-5-16(6-4-12)27-19(17-2-1-7-29-17)25-26-20(27)30-11-18(28)24-15-9-13(22)8-14(23)10-15/h1-10H,11H2,(H,24,28). The molecule has 0 fully saturated rings. The summed E-state index contributed by atoms with van der Waals surface area (Å²) in [6.07, 6.45) is 0. The van der Waals surface area contributed by atoms with Gasteiger partial charge in [0.25, 0.3) is 0 Å². The van der Waals surface area contributed by atoms with Gasteiger partial charge in [0, 0.05) is 26.4 Å². The van der Waals surface area contributed by atoms with Crippen LogP contribution in [0.4, 0.5) is 5.69 Å². The first-order valence-corrected chi connectivity index (χ1v) is 11.6. The predicted octanol–water partition coefficient (Wildman–Crippen LogP) is 6.69. The first kappa shape index (κ1) is 21.2. The number of hydrogen-bond donors (Lipinski definition) is 1. The van der Waals surface area contributed by atoms with E-state index >= 15 is 0 Å². The summed E-state index contributed by atoms with van der Waals surface area (Å²) in [6.45, 7) is 0. The Morgan fingerprint density at radius 2 is 1.73 bits per heavy atom. The molecule has 152 valence electrons. The van der Waals surface area contributed by atoms with E-state index in [0.717, 1.165) is 10.6 Å². The fraction of sp³-hybridized carbons (Fsp3) is 0.0500. The van der Waals surface area contributed by atoms with Crippen LogP contribution in [0.1, 0.15) is 0 Å². The average molecular weight is 496 g/mol. The molecule has 2 heterocycles. The number of carbonyl (C=O) groups excluding carboxylic acids is 1. The van der Waals surface area contributed by atoms with Gasteiger partial charge in [-0.15, -0.1) is 21.5 Å². The molecule has 0 bridgehead atoms. The predicted molar refractivity (Wildman–Crippen MR) is 125 cm³/mol. The number of anilines is 1. The summed E-state index contributed by atoms with van der Waals surface area (Å²) in [5.74, 6) is 0.638. The monoisotopic (exact) mass is 494 g/mol. The molecule has 1 amide bonds. The molecule has 1 N–H and O–H groups in total. The highest BCUT2D eigenvalue weighted by molar-refractivity contribution is 7.99. The number of nitrogens with zero attached hydrogens (tertiary/aromatic N) is 3. The number of thiophene rings is 1. The molecule has 0 atom stereocenters. The Labute approximate surface area is 196 Å². The number of aromatic nitrogens is 3. The molecule has 0 saturated carbocycles. The lowest BCUT2D eigenvalue weighted by atomic mass is 10.3. The summed E-state index contributed by atoms with van der Waals surface area (Å²) < 4.78 is 1.91. The number of amides is 1. The van der Waals surface area contributed by atoms with E-state index in [0.29, 0.717) is 31.7 Å². The number of thioether (sulfide) groups is 1. The van der Waals surface area contributed by atoms with Crippen molar-refractivity contribution in [2.24, 2.45) is 0 Å². The lowest BCUT2D eigenvalue weighted by Gasteiger charge is -2.10. The summed E-state index contributed by atoms with van der Waals surface area (Å²) in [4.78, 5) is 13.4. The van der Waals surface area contributed by atoms with Crippen molar-refractivity contribution >= 4 is 69.5 Å². The zero-order chi connectivity index (χ0) is 21.1. The van der Waals surface area contributed by atoms with Crippen molar-refractivity contribution in [2.75, 3.05) is 11.1 Å². The highest BCUT2D eigenvalue weighted by Gasteiger charge is 2.18. The fourth-order valence-corrected chi connectivity index (χ4v) is 4.81. The number of rotatable bonds is 6. The fourth-order valence-electron chi connectivity index (χ4n) is 2.70. The van der Waals surface area contributed by atoms with E-state index in [1.165, 1.54) is 11.8 Å². The third kappa shape index (κ3) is 4.99. The Kier molecular flexibility index (Phi) is 6.65. The van der Waals surface area contributed by atoms with Crippen LogP contribution in [-0.4, -0.2) is 26.4 Å². The van der Waals surface area contributed by atoms with Crippen molar-refractivity contribution in [2.45, 2.75) is 5.16 Å². The minimum atomic E-state index is -0.207. The third-order valence-electron chi connectivity index (χ3n) is 3.94. The average Bonchev–Trinajstić information content (AvgIpc) is 3.36. The first-order valence-electron chi connectivity index (χ1n) is 8.63. The molecule has 0 radical (unpaired) electrons. The molecule has 4 rings (SSSR count). The maximum absolute atomic E-state index is 12.4. The zero-order valence-corrected chi connectivity index (χ0v) is 19.1. The molecule has 5 nitrogen and oxygen atoms in total. The van der Waals surface area contributed by atoms with Gasteiger partial charge in [-0.05, 0) is 53.9 Å². The number of halogens is 3. The van der Waals surface area contributed by atoms with E-state index < -0.39 is 0 Å². The van der Waals surface area contributed by atoms with Gasteiger partial charge < -0.3 is 5.32 Å². The molecular weight excluding hydrogens is 483 g/mol. The second-order valence-corrected chi connectivity index (χ2v) is 9.29. The normalized spacial score (nSPS) is 10.9. The van der Waals surface area contributed by atoms with E-state index in [-0.39, 0.29) is 11.7 Å². The highest BCUT2D eigenvalue weighted by atomic mass is 35.5. The Balaban J connectivity index is 1.56. The van der Waals surface area contributed by atoms with Crippen LogP contribution in [0.25, 0.3) is 16.4 Å². The lowest BCUT2D eigenvalue weighted by Crippen LogP contribution is -2.14. The van der Waals surface area contributed by atoms with Gasteiger partial charge in [0.1, 0.15) is 0 Å². The van der Waals surface area contributed by atoms with Crippen LogP contribution in [-0.2, 0) is 4.79 Å². The quantitative estimate of drug-likeness (QED) is 0.303. The molecule has 30 heavy (non-hydrogen) atoms. The van der Waals surface area contributed by atoms with Gasteiger partial charge in [0.05, 0.1) is 10.6 Å². The number of hydrogen-bond acceptors (Lipinski definition) is 5. The van der Waals surface area contributed by atoms with Crippen molar-refractivity contribution in [1.29, 1.82) is 0 Å². The van der Waals surface area contributed by atoms with Crippen LogP contribution in [0, 0.1) is 0 Å². The number of carbonyl (C=O) groups is 1. The van der Waals surface area contributed by atoms with Gasteiger partial charge in [-0.3, -0.25) is 9.36 Å². The van der Waals surface area contributed by atoms with Crippen molar-refractivity contribution in [3.05, 3.63) is 75.0 Å². The van der Waals surface area contributed by atoms with Gasteiger partial charge in [0.2, 0.25) is 5.91 Å². The molecular formula is C20H13Cl3N4OS2. The van der Waals surface area contributed by atoms with E-state index in [4.69, 9.17) is 34.8 Å². The van der Waals surface area contributed by atoms with Crippen LogP contribution in [0.15, 0.2) is 65.1 Å². The van der Waals surface area contributed by atoms with Crippen molar-refractivity contribution in [1.82, 2.24) is 14.8 Å². The largest absolute Gasteiger partial charge is 0.325 e. The van der Waals surface area contributed by atoms with E-state index in [1.54, 1.807) is 41.7 Å². The third-order valence-corrected chi connectivity index (χ3v) is 6.42. The Morgan fingerprint density at radius 3 is 2.40 bits per heavy atom. The minimum Gasteiger partial charge on any atom is -0.325 e. The molecule has 0 aliphatic heterocycles. The number of benzene rings is 2. The summed E-state index contributed by atoms with van der Waals surface area (Å²) in [7, 11) is 0. The Morgan fingerprint density at radius 1 is 1.00 bits per heavy atom. The van der Waals surface area contributed by atoms with Gasteiger partial charge in [-0.1, -0.05) is 52.6 Å². The minimum absolute atomic E-state index is 0.139. The zero-order valence-electron chi connectivity index (χ0n) is 15.2. The van der Waals surface area contributed by atoms with Crippen molar-refractivity contribution < 1.29 is 4.79 Å². The summed E-state index contributed by atoms with van der Waals surface area (Å²) in [6, 6.07) is 16.2. The summed E-state index contributed by atoms with van der Waals surface area (Å²) in [5, 5.41) is 15.6. The van der Waals surface area contributed by atoms with E-state index in [9.17, 15) is 4.79 Å². The molecule has 0 saturated heterocycles. The molecule has 2 aromatic heterocycles. The van der Waals surface area contributed by atoms with E-state index in [1.807, 2.05) is 34.2 Å². The van der Waals surface area contributed by atoms with Gasteiger partial charge in [-0.2, -0.15) is 0 Å². The molecule has 10 heteroatoms. The topological polar surface area (TPSA) is 59.8 Å². The maximum Gasteiger partial charge on any atom is 0.234 e. The SMILES string of the molecule is O=C(CSc1nnc(-c2cccs2)n1-c1ccc(Cl)cc1)Nc1cc(Cl)cc(Cl)c1. The highest BCUT2D eigenvalue weighted by Crippen LogP contribution is 2.31. The Hall–Kier alpha value is -2.03. The molecule has 4 aromatic rings. The molecule has 2 aromatic carbocycles. The second kappa shape index (κ2) is 9.41. The van der Waals surface area contributed by atoms with Crippen molar-refractivity contribution in [3.63, 3.8) is 0 Å². The molecule has 0 aliphatic rings. The molecule has 0 aliphatic carbocycles.